The Hall–Kier alpha value is -3.44. The van der Waals surface area contributed by atoms with Gasteiger partial charge in [0.15, 0.2) is 17.2 Å². The van der Waals surface area contributed by atoms with Crippen LogP contribution in [0, 0.1) is 0 Å². The number of fused-ring (bicyclic) bond motifs is 1. The molecule has 6 heterocycles. The van der Waals surface area contributed by atoms with E-state index in [1.54, 1.807) is 0 Å². The Kier molecular flexibility index (Phi) is 4.59. The van der Waals surface area contributed by atoms with Crippen molar-refractivity contribution in [1.82, 2.24) is 40.2 Å². The van der Waals surface area contributed by atoms with Gasteiger partial charge in [0.05, 0.1) is 24.2 Å². The van der Waals surface area contributed by atoms with Gasteiger partial charge in [-0.2, -0.15) is 5.10 Å². The van der Waals surface area contributed by atoms with Crippen molar-refractivity contribution in [2.45, 2.75) is 43.6 Å². The first-order valence-corrected chi connectivity index (χ1v) is 11.9. The van der Waals surface area contributed by atoms with Crippen LogP contribution in [0.25, 0.3) is 33.8 Å². The van der Waals surface area contributed by atoms with Crippen molar-refractivity contribution in [3.05, 3.63) is 30.0 Å². The van der Waals surface area contributed by atoms with Gasteiger partial charge in [0.2, 0.25) is 0 Å². The van der Waals surface area contributed by atoms with E-state index in [-0.39, 0.29) is 6.04 Å². The second-order valence-electron chi connectivity index (χ2n) is 9.35. The molecule has 3 fully saturated rings. The lowest BCUT2D eigenvalue weighted by atomic mass is 9.92. The summed E-state index contributed by atoms with van der Waals surface area (Å²) in [6.45, 7) is 3.22. The van der Waals surface area contributed by atoms with Crippen LogP contribution in [0.4, 0.5) is 5.82 Å². The van der Waals surface area contributed by atoms with Crippen molar-refractivity contribution in [2.75, 3.05) is 32.0 Å². The Morgan fingerprint density at radius 2 is 1.74 bits per heavy atom. The maximum Gasteiger partial charge on any atom is 0.165 e. The zero-order chi connectivity index (χ0) is 22.6. The summed E-state index contributed by atoms with van der Waals surface area (Å²) in [5.41, 5.74) is 10.1. The number of nitrogens with one attached hydrogen (secondary N) is 1. The lowest BCUT2D eigenvalue weighted by Gasteiger charge is -2.26. The van der Waals surface area contributed by atoms with E-state index in [1.807, 2.05) is 17.1 Å². The highest BCUT2D eigenvalue weighted by Gasteiger charge is 2.36. The maximum absolute atomic E-state index is 6.31. The molecule has 0 atom stereocenters. The molecule has 0 unspecified atom stereocenters. The molecule has 4 aromatic rings. The third-order valence-corrected chi connectivity index (χ3v) is 7.08. The molecule has 1 saturated carbocycles. The quantitative estimate of drug-likeness (QED) is 0.457. The summed E-state index contributed by atoms with van der Waals surface area (Å²) >= 11 is 0. The maximum atomic E-state index is 6.31. The van der Waals surface area contributed by atoms with Crippen molar-refractivity contribution >= 4 is 16.9 Å². The van der Waals surface area contributed by atoms with Crippen LogP contribution in [0.2, 0.25) is 0 Å². The first-order chi connectivity index (χ1) is 16.8. The van der Waals surface area contributed by atoms with E-state index in [2.05, 4.69) is 20.4 Å². The van der Waals surface area contributed by atoms with Gasteiger partial charge in [0.1, 0.15) is 29.6 Å². The van der Waals surface area contributed by atoms with E-state index in [1.165, 1.54) is 11.9 Å². The molecule has 174 valence electrons. The number of hydrogen-bond donors (Lipinski definition) is 2. The molecule has 0 radical (unpaired) electrons. The summed E-state index contributed by atoms with van der Waals surface area (Å²) in [7, 11) is 0. The minimum atomic E-state index is 0.101. The van der Waals surface area contributed by atoms with Gasteiger partial charge in [-0.1, -0.05) is 5.16 Å². The summed E-state index contributed by atoms with van der Waals surface area (Å²) in [6, 6.07) is 0.101. The van der Waals surface area contributed by atoms with Gasteiger partial charge in [-0.15, -0.1) is 0 Å². The van der Waals surface area contributed by atoms with Crippen molar-refractivity contribution in [1.29, 1.82) is 0 Å². The van der Waals surface area contributed by atoms with E-state index in [9.17, 15) is 0 Å². The second-order valence-corrected chi connectivity index (χ2v) is 9.35. The highest BCUT2D eigenvalue weighted by Crippen LogP contribution is 2.48. The van der Waals surface area contributed by atoms with Crippen LogP contribution in [0.1, 0.15) is 54.9 Å². The highest BCUT2D eigenvalue weighted by molar-refractivity contribution is 6.00. The molecule has 0 amide bonds. The molecule has 0 aromatic carbocycles. The minimum absolute atomic E-state index is 0.101. The molecule has 7 rings (SSSR count). The normalized spacial score (nSPS) is 19.5. The van der Waals surface area contributed by atoms with Gasteiger partial charge in [0, 0.05) is 18.3 Å². The molecular weight excluding hydrogens is 434 g/mol. The van der Waals surface area contributed by atoms with Gasteiger partial charge in [0.25, 0.3) is 0 Å². The fourth-order valence-corrected chi connectivity index (χ4v) is 4.92. The van der Waals surface area contributed by atoms with Crippen LogP contribution < -0.4 is 11.1 Å². The third kappa shape index (κ3) is 3.18. The van der Waals surface area contributed by atoms with Gasteiger partial charge < -0.3 is 20.3 Å². The number of ether oxygens (including phenoxy) is 1. The molecule has 11 heteroatoms. The summed E-state index contributed by atoms with van der Waals surface area (Å²) in [5.74, 6) is 2.58. The van der Waals surface area contributed by atoms with E-state index in [4.69, 9.17) is 30.1 Å². The molecule has 2 aliphatic heterocycles. The smallest absolute Gasteiger partial charge is 0.165 e. The largest absolute Gasteiger partial charge is 0.383 e. The third-order valence-electron chi connectivity index (χ3n) is 7.08. The zero-order valence-corrected chi connectivity index (χ0v) is 18.6. The topological polar surface area (TPSA) is 143 Å². The van der Waals surface area contributed by atoms with Crippen molar-refractivity contribution in [3.63, 3.8) is 0 Å². The van der Waals surface area contributed by atoms with Crippen LogP contribution >= 0.6 is 0 Å². The SMILES string of the molecule is Nc1ncnc2c1c(-c1noc(C3CC3)c1-c1ncc(C3CCNCC3)cn1)nn2C1COC1. The fraction of sp³-hybridized carbons (Fsp3) is 0.478. The molecule has 2 saturated heterocycles. The van der Waals surface area contributed by atoms with Crippen molar-refractivity contribution < 1.29 is 9.26 Å². The number of nitrogen functional groups attached to an aromatic ring is 1. The number of rotatable bonds is 5. The van der Waals surface area contributed by atoms with Gasteiger partial charge in [-0.05, 0) is 50.3 Å². The molecular formula is C23H25N9O2. The Labute approximate surface area is 195 Å². The number of aromatic nitrogens is 7. The van der Waals surface area contributed by atoms with Crippen LogP contribution in [-0.4, -0.2) is 61.2 Å². The Bertz CT molecular complexity index is 1350. The summed E-state index contributed by atoms with van der Waals surface area (Å²) in [6.07, 6.45) is 9.69. The number of nitrogens with zero attached hydrogens (tertiary/aromatic N) is 7. The van der Waals surface area contributed by atoms with Crippen molar-refractivity contribution in [3.8, 4) is 22.8 Å². The molecule has 4 aromatic heterocycles. The van der Waals surface area contributed by atoms with E-state index < -0.39 is 0 Å². The van der Waals surface area contributed by atoms with Crippen molar-refractivity contribution in [2.24, 2.45) is 0 Å². The fourth-order valence-electron chi connectivity index (χ4n) is 4.92. The van der Waals surface area contributed by atoms with E-state index in [0.29, 0.717) is 59.1 Å². The van der Waals surface area contributed by atoms with Crippen LogP contribution in [0.3, 0.4) is 0 Å². The Balaban J connectivity index is 1.36. The highest BCUT2D eigenvalue weighted by atomic mass is 16.5. The average molecular weight is 460 g/mol. The van der Waals surface area contributed by atoms with Gasteiger partial charge in [-0.25, -0.2) is 24.6 Å². The predicted octanol–water partition coefficient (Wildman–Crippen LogP) is 2.44. The minimum Gasteiger partial charge on any atom is -0.383 e. The molecule has 11 nitrogen and oxygen atoms in total. The van der Waals surface area contributed by atoms with Crippen LogP contribution in [0.15, 0.2) is 23.2 Å². The molecule has 3 N–H and O–H groups in total. The number of piperidine rings is 1. The number of anilines is 1. The first-order valence-electron chi connectivity index (χ1n) is 11.9. The number of nitrogens with two attached hydrogens (primary N) is 1. The lowest BCUT2D eigenvalue weighted by molar-refractivity contribution is -0.0268. The molecule has 0 spiro atoms. The second kappa shape index (κ2) is 7.81. The standard InChI is InChI=1S/C23H25N9O2/c24-21-17-18(30-32(15-9-33-10-15)23(17)29-11-28-21)19-16(20(34-31-19)13-1-2-13)22-26-7-14(8-27-22)12-3-5-25-6-4-12/h7-8,11-13,15,25H,1-6,9-10H2,(H2,24,28,29). The van der Waals surface area contributed by atoms with E-state index >= 15 is 0 Å². The van der Waals surface area contributed by atoms with Gasteiger partial charge >= 0.3 is 0 Å². The summed E-state index contributed by atoms with van der Waals surface area (Å²) in [5, 5.41) is 13.4. The molecule has 3 aliphatic rings. The lowest BCUT2D eigenvalue weighted by Crippen LogP contribution is -2.31. The summed E-state index contributed by atoms with van der Waals surface area (Å²) in [4.78, 5) is 18.2. The number of hydrogen-bond acceptors (Lipinski definition) is 10. The average Bonchev–Trinajstić information content (AvgIpc) is 3.48. The monoisotopic (exact) mass is 459 g/mol. The predicted molar refractivity (Wildman–Crippen MR) is 123 cm³/mol. The van der Waals surface area contributed by atoms with Crippen LogP contribution in [0.5, 0.6) is 0 Å². The van der Waals surface area contributed by atoms with Crippen LogP contribution in [-0.2, 0) is 4.74 Å². The molecule has 0 bridgehead atoms. The zero-order valence-electron chi connectivity index (χ0n) is 18.6. The molecule has 1 aliphatic carbocycles. The van der Waals surface area contributed by atoms with E-state index in [0.717, 1.165) is 50.1 Å². The molecule has 34 heavy (non-hydrogen) atoms. The Morgan fingerprint density at radius 3 is 2.44 bits per heavy atom. The Morgan fingerprint density at radius 1 is 0.941 bits per heavy atom. The first kappa shape index (κ1) is 20.0. The van der Waals surface area contributed by atoms with Gasteiger partial charge in [-0.3, -0.25) is 0 Å². The summed E-state index contributed by atoms with van der Waals surface area (Å²) < 4.78 is 13.1.